The van der Waals surface area contributed by atoms with Gasteiger partial charge in [-0.15, -0.1) is 0 Å². The summed E-state index contributed by atoms with van der Waals surface area (Å²) >= 11 is 0. The number of benzene rings is 1. The maximum atomic E-state index is 5.85. The first-order valence-electron chi connectivity index (χ1n) is 7.50. The van der Waals surface area contributed by atoms with Gasteiger partial charge >= 0.3 is 0 Å². The molecular weight excluding hydrogens is 250 g/mol. The molecule has 3 rings (SSSR count). The minimum atomic E-state index is 0.192. The zero-order valence-corrected chi connectivity index (χ0v) is 12.5. The molecule has 1 aliphatic heterocycles. The van der Waals surface area contributed by atoms with E-state index in [2.05, 4.69) is 49.1 Å². The Morgan fingerprint density at radius 1 is 1.30 bits per heavy atom. The fourth-order valence-corrected chi connectivity index (χ4v) is 2.82. The number of fused-ring (bicyclic) bond motifs is 1. The number of piperidine rings is 1. The van der Waals surface area contributed by atoms with Crippen molar-refractivity contribution in [3.05, 3.63) is 23.9 Å². The molecule has 0 amide bonds. The molecule has 1 aromatic heterocycles. The number of hydrogen-bond donors (Lipinski definition) is 1. The van der Waals surface area contributed by atoms with Crippen molar-refractivity contribution in [3.63, 3.8) is 0 Å². The average Bonchev–Trinajstić information content (AvgIpc) is 2.82. The van der Waals surface area contributed by atoms with Crippen LogP contribution in [0, 0.1) is 6.92 Å². The van der Waals surface area contributed by atoms with E-state index >= 15 is 0 Å². The molecule has 2 aromatic rings. The van der Waals surface area contributed by atoms with Crippen LogP contribution in [-0.2, 0) is 0 Å². The molecule has 0 atom stereocenters. The average molecular weight is 273 g/mol. The van der Waals surface area contributed by atoms with E-state index in [1.54, 1.807) is 0 Å². The minimum absolute atomic E-state index is 0.192. The molecule has 0 saturated carbocycles. The number of aromatic nitrogens is 2. The number of hydrogen-bond acceptors (Lipinski definition) is 3. The monoisotopic (exact) mass is 273 g/mol. The lowest BCUT2D eigenvalue weighted by molar-refractivity contribution is 0.241. The Bertz CT molecular complexity index is 597. The third kappa shape index (κ3) is 2.66. The summed E-state index contributed by atoms with van der Waals surface area (Å²) in [6.45, 7) is 8.37. The molecule has 20 heavy (non-hydrogen) atoms. The molecule has 0 radical (unpaired) electrons. The van der Waals surface area contributed by atoms with Gasteiger partial charge in [0, 0.05) is 17.6 Å². The lowest BCUT2D eigenvalue weighted by Gasteiger charge is -2.22. The lowest BCUT2D eigenvalue weighted by atomic mass is 10.1. The van der Waals surface area contributed by atoms with Crippen molar-refractivity contribution in [3.8, 4) is 5.75 Å². The van der Waals surface area contributed by atoms with E-state index in [1.807, 2.05) is 0 Å². The number of nitrogens with one attached hydrogen (secondary N) is 1. The second-order valence-corrected chi connectivity index (χ2v) is 5.93. The molecule has 0 aliphatic carbocycles. The van der Waals surface area contributed by atoms with Gasteiger partial charge in [-0.25, -0.2) is 0 Å². The fourth-order valence-electron chi connectivity index (χ4n) is 2.82. The standard InChI is InChI=1S/C16H23N3O/c1-11(2)20-16-9-15-13(8-12(16)3)10-19(18-15)14-4-6-17-7-5-14/h8-11,14,17H,4-7H2,1-3H3. The molecule has 1 N–H and O–H groups in total. The minimum Gasteiger partial charge on any atom is -0.491 e. The summed E-state index contributed by atoms with van der Waals surface area (Å²) in [4.78, 5) is 0. The number of aryl methyl sites for hydroxylation is 1. The van der Waals surface area contributed by atoms with Crippen LogP contribution in [0.5, 0.6) is 5.75 Å². The van der Waals surface area contributed by atoms with Crippen LogP contribution in [0.1, 0.15) is 38.3 Å². The molecule has 1 saturated heterocycles. The van der Waals surface area contributed by atoms with Gasteiger partial charge in [0.15, 0.2) is 0 Å². The van der Waals surface area contributed by atoms with Gasteiger partial charge in [0.05, 0.1) is 17.7 Å². The van der Waals surface area contributed by atoms with Crippen LogP contribution in [0.4, 0.5) is 0 Å². The first-order chi connectivity index (χ1) is 9.63. The summed E-state index contributed by atoms with van der Waals surface area (Å²) in [6, 6.07) is 4.78. The molecule has 4 nitrogen and oxygen atoms in total. The van der Waals surface area contributed by atoms with E-state index in [9.17, 15) is 0 Å². The third-order valence-corrected chi connectivity index (χ3v) is 3.86. The van der Waals surface area contributed by atoms with Crippen LogP contribution in [-0.4, -0.2) is 29.0 Å². The Morgan fingerprint density at radius 3 is 2.75 bits per heavy atom. The SMILES string of the molecule is Cc1cc2cn(C3CCNCC3)nc2cc1OC(C)C. The maximum Gasteiger partial charge on any atom is 0.124 e. The molecule has 1 aliphatic rings. The van der Waals surface area contributed by atoms with Crippen molar-refractivity contribution in [1.29, 1.82) is 0 Å². The summed E-state index contributed by atoms with van der Waals surface area (Å²) in [7, 11) is 0. The predicted molar refractivity (Wildman–Crippen MR) is 81.4 cm³/mol. The van der Waals surface area contributed by atoms with Crippen molar-refractivity contribution < 1.29 is 4.74 Å². The van der Waals surface area contributed by atoms with Gasteiger partial charge < -0.3 is 10.1 Å². The van der Waals surface area contributed by atoms with Crippen molar-refractivity contribution in [2.75, 3.05) is 13.1 Å². The van der Waals surface area contributed by atoms with Crippen LogP contribution >= 0.6 is 0 Å². The topological polar surface area (TPSA) is 39.1 Å². The maximum absolute atomic E-state index is 5.85. The quantitative estimate of drug-likeness (QED) is 0.934. The molecule has 4 heteroatoms. The second-order valence-electron chi connectivity index (χ2n) is 5.93. The van der Waals surface area contributed by atoms with E-state index in [4.69, 9.17) is 9.84 Å². The Balaban J connectivity index is 1.93. The first-order valence-corrected chi connectivity index (χ1v) is 7.50. The zero-order valence-electron chi connectivity index (χ0n) is 12.5. The summed E-state index contributed by atoms with van der Waals surface area (Å²) in [6.07, 6.45) is 4.68. The van der Waals surface area contributed by atoms with E-state index in [1.165, 1.54) is 10.9 Å². The van der Waals surface area contributed by atoms with Crippen LogP contribution in [0.25, 0.3) is 10.9 Å². The molecule has 1 fully saturated rings. The highest BCUT2D eigenvalue weighted by atomic mass is 16.5. The van der Waals surface area contributed by atoms with Crippen LogP contribution in [0.2, 0.25) is 0 Å². The fraction of sp³-hybridized carbons (Fsp3) is 0.562. The number of rotatable bonds is 3. The lowest BCUT2D eigenvalue weighted by Crippen LogP contribution is -2.29. The van der Waals surface area contributed by atoms with Crippen molar-refractivity contribution >= 4 is 10.9 Å². The molecule has 1 aromatic carbocycles. The zero-order chi connectivity index (χ0) is 14.1. The molecular formula is C16H23N3O. The summed E-state index contributed by atoms with van der Waals surface area (Å²) in [5, 5.41) is 9.36. The van der Waals surface area contributed by atoms with Gasteiger partial charge in [0.2, 0.25) is 0 Å². The van der Waals surface area contributed by atoms with Crippen molar-refractivity contribution in [1.82, 2.24) is 15.1 Å². The van der Waals surface area contributed by atoms with Gasteiger partial charge in [-0.2, -0.15) is 5.10 Å². The van der Waals surface area contributed by atoms with Gasteiger partial charge in [-0.3, -0.25) is 4.68 Å². The second kappa shape index (κ2) is 5.44. The van der Waals surface area contributed by atoms with Crippen molar-refractivity contribution in [2.45, 2.75) is 45.8 Å². The Morgan fingerprint density at radius 2 is 2.05 bits per heavy atom. The van der Waals surface area contributed by atoms with Crippen LogP contribution in [0.15, 0.2) is 18.3 Å². The number of nitrogens with zero attached hydrogens (tertiary/aromatic N) is 2. The van der Waals surface area contributed by atoms with Gasteiger partial charge in [-0.1, -0.05) is 0 Å². The molecule has 0 bridgehead atoms. The Hall–Kier alpha value is -1.55. The molecule has 108 valence electrons. The van der Waals surface area contributed by atoms with Crippen LogP contribution < -0.4 is 10.1 Å². The van der Waals surface area contributed by atoms with Crippen LogP contribution in [0.3, 0.4) is 0 Å². The number of ether oxygens (including phenoxy) is 1. The normalized spacial score (nSPS) is 17.0. The highest BCUT2D eigenvalue weighted by Crippen LogP contribution is 2.27. The van der Waals surface area contributed by atoms with Crippen molar-refractivity contribution in [2.24, 2.45) is 0 Å². The predicted octanol–water partition coefficient (Wildman–Crippen LogP) is 3.06. The third-order valence-electron chi connectivity index (χ3n) is 3.86. The summed E-state index contributed by atoms with van der Waals surface area (Å²) in [5.74, 6) is 0.947. The Labute approximate surface area is 120 Å². The van der Waals surface area contributed by atoms with Gasteiger partial charge in [-0.05, 0) is 58.3 Å². The summed E-state index contributed by atoms with van der Waals surface area (Å²) in [5.41, 5.74) is 2.21. The van der Waals surface area contributed by atoms with Gasteiger partial charge in [0.1, 0.15) is 5.75 Å². The van der Waals surface area contributed by atoms with Gasteiger partial charge in [0.25, 0.3) is 0 Å². The first kappa shape index (κ1) is 13.4. The molecule has 2 heterocycles. The van der Waals surface area contributed by atoms with E-state index in [0.717, 1.165) is 37.2 Å². The summed E-state index contributed by atoms with van der Waals surface area (Å²) < 4.78 is 7.99. The highest BCUT2D eigenvalue weighted by molar-refractivity contribution is 5.81. The smallest absolute Gasteiger partial charge is 0.124 e. The molecule has 0 spiro atoms. The van der Waals surface area contributed by atoms with E-state index in [0.29, 0.717) is 6.04 Å². The highest BCUT2D eigenvalue weighted by Gasteiger charge is 2.17. The van der Waals surface area contributed by atoms with E-state index < -0.39 is 0 Å². The van der Waals surface area contributed by atoms with E-state index in [-0.39, 0.29) is 6.10 Å². The Kier molecular flexibility index (Phi) is 3.66. The molecule has 0 unspecified atom stereocenters. The largest absolute Gasteiger partial charge is 0.491 e.